The summed E-state index contributed by atoms with van der Waals surface area (Å²) in [5.74, 6) is -0.592. The van der Waals surface area contributed by atoms with E-state index < -0.39 is 5.97 Å². The zero-order valence-electron chi connectivity index (χ0n) is 9.16. The molecule has 0 fully saturated rings. The molecule has 0 N–H and O–H groups in total. The van der Waals surface area contributed by atoms with E-state index in [4.69, 9.17) is 4.74 Å². The maximum absolute atomic E-state index is 11.3. The largest absolute Gasteiger partial charge is 1.00 e. The van der Waals surface area contributed by atoms with Crippen LogP contribution >= 0.6 is 0 Å². The molecular formula is C11H13NaO3. The Morgan fingerprint density at radius 2 is 2.20 bits per heavy atom. The van der Waals surface area contributed by atoms with Crippen molar-refractivity contribution >= 4 is 5.97 Å². The first-order valence-electron chi connectivity index (χ1n) is 4.68. The molecule has 0 radical (unpaired) electrons. The Kier molecular flexibility index (Phi) is 7.48. The fourth-order valence-corrected chi connectivity index (χ4v) is 1.02. The van der Waals surface area contributed by atoms with Crippen molar-refractivity contribution in [3.8, 4) is 5.75 Å². The molecule has 76 valence electrons. The molecule has 0 atom stereocenters. The number of rotatable bonds is 4. The molecule has 0 unspecified atom stereocenters. The van der Waals surface area contributed by atoms with Crippen LogP contribution in [0.4, 0.5) is 0 Å². The molecule has 0 saturated carbocycles. The van der Waals surface area contributed by atoms with Gasteiger partial charge >= 0.3 is 35.5 Å². The van der Waals surface area contributed by atoms with Crippen molar-refractivity contribution in [2.75, 3.05) is 6.61 Å². The third kappa shape index (κ3) is 5.21. The quantitative estimate of drug-likeness (QED) is 0.358. The second kappa shape index (κ2) is 7.74. The molecule has 1 aromatic carbocycles. The van der Waals surface area contributed by atoms with E-state index in [0.29, 0.717) is 12.2 Å². The number of hydrogen-bond acceptors (Lipinski definition) is 3. The number of ether oxygens (including phenoxy) is 1. The van der Waals surface area contributed by atoms with Gasteiger partial charge in [-0.25, -0.2) is 4.79 Å². The van der Waals surface area contributed by atoms with Gasteiger partial charge < -0.3 is 9.84 Å². The molecule has 0 aliphatic heterocycles. The van der Waals surface area contributed by atoms with E-state index in [1.54, 1.807) is 12.1 Å². The predicted molar refractivity (Wildman–Crippen MR) is 51.1 cm³/mol. The summed E-state index contributed by atoms with van der Waals surface area (Å²) in [4.78, 5) is 11.3. The third-order valence-corrected chi connectivity index (χ3v) is 1.80. The van der Waals surface area contributed by atoms with Crippen LogP contribution in [0.15, 0.2) is 24.3 Å². The van der Waals surface area contributed by atoms with Crippen molar-refractivity contribution in [3.63, 3.8) is 0 Å². The number of hydrogen-bond donors (Lipinski definition) is 0. The van der Waals surface area contributed by atoms with Gasteiger partial charge in [-0.05, 0) is 12.5 Å². The normalized spacial score (nSPS) is 9.13. The summed E-state index contributed by atoms with van der Waals surface area (Å²) in [6, 6.07) is 5.82. The molecule has 0 aliphatic rings. The molecule has 1 aromatic rings. The molecule has 3 nitrogen and oxygen atoms in total. The van der Waals surface area contributed by atoms with Crippen LogP contribution in [-0.2, 0) is 4.74 Å². The first-order valence-corrected chi connectivity index (χ1v) is 4.68. The van der Waals surface area contributed by atoms with Crippen molar-refractivity contribution in [2.24, 2.45) is 0 Å². The standard InChI is InChI=1S/C11H14O3.Na/c1-2-3-7-14-11(13)9-5-4-6-10(12)8-9;/h4-6,8,12H,2-3,7H2,1H3;/q;+1/p-1. The van der Waals surface area contributed by atoms with Crippen molar-refractivity contribution in [1.29, 1.82) is 0 Å². The first kappa shape index (κ1) is 14.5. The van der Waals surface area contributed by atoms with Gasteiger partial charge in [-0.1, -0.05) is 31.5 Å². The molecule has 1 rings (SSSR count). The second-order valence-corrected chi connectivity index (χ2v) is 3.02. The van der Waals surface area contributed by atoms with Crippen LogP contribution in [0.5, 0.6) is 5.75 Å². The molecule has 0 aliphatic carbocycles. The SMILES string of the molecule is CCCCOC(=O)c1cccc([O-])c1.[Na+]. The van der Waals surface area contributed by atoms with Gasteiger partial charge in [-0.3, -0.25) is 0 Å². The van der Waals surface area contributed by atoms with Crippen LogP contribution in [0, 0.1) is 0 Å². The van der Waals surface area contributed by atoms with Crippen LogP contribution in [0.2, 0.25) is 0 Å². The van der Waals surface area contributed by atoms with E-state index in [0.717, 1.165) is 12.8 Å². The van der Waals surface area contributed by atoms with Gasteiger partial charge in [0.05, 0.1) is 12.2 Å². The Hall–Kier alpha value is -0.510. The summed E-state index contributed by atoms with van der Waals surface area (Å²) in [7, 11) is 0. The van der Waals surface area contributed by atoms with E-state index in [2.05, 4.69) is 0 Å². The Morgan fingerprint density at radius 3 is 2.80 bits per heavy atom. The second-order valence-electron chi connectivity index (χ2n) is 3.02. The Morgan fingerprint density at radius 1 is 1.47 bits per heavy atom. The minimum Gasteiger partial charge on any atom is -0.872 e. The predicted octanol–water partition coefficient (Wildman–Crippen LogP) is -1.28. The summed E-state index contributed by atoms with van der Waals surface area (Å²) in [5, 5.41) is 10.9. The Balaban J connectivity index is 0.00000196. The van der Waals surface area contributed by atoms with E-state index in [9.17, 15) is 9.90 Å². The molecule has 0 saturated heterocycles. The van der Waals surface area contributed by atoms with E-state index >= 15 is 0 Å². The van der Waals surface area contributed by atoms with Gasteiger partial charge in [0.2, 0.25) is 0 Å². The van der Waals surface area contributed by atoms with Crippen molar-refractivity contribution in [1.82, 2.24) is 0 Å². The number of unbranched alkanes of at least 4 members (excludes halogenated alkanes) is 1. The monoisotopic (exact) mass is 216 g/mol. The molecule has 0 aromatic heterocycles. The molecule has 0 heterocycles. The third-order valence-electron chi connectivity index (χ3n) is 1.80. The van der Waals surface area contributed by atoms with Crippen LogP contribution < -0.4 is 34.7 Å². The smallest absolute Gasteiger partial charge is 0.872 e. The van der Waals surface area contributed by atoms with E-state index in [-0.39, 0.29) is 35.3 Å². The molecule has 4 heteroatoms. The maximum atomic E-state index is 11.3. The fraction of sp³-hybridized carbons (Fsp3) is 0.364. The Bertz CT molecular complexity index is 312. The number of carbonyl (C=O) groups excluding carboxylic acids is 1. The topological polar surface area (TPSA) is 49.4 Å². The minimum atomic E-state index is -0.420. The summed E-state index contributed by atoms with van der Waals surface area (Å²) in [6.45, 7) is 2.44. The van der Waals surface area contributed by atoms with Crippen molar-refractivity contribution < 1.29 is 44.2 Å². The van der Waals surface area contributed by atoms with Crippen molar-refractivity contribution in [3.05, 3.63) is 29.8 Å². The molecule has 15 heavy (non-hydrogen) atoms. The summed E-state index contributed by atoms with van der Waals surface area (Å²) in [6.07, 6.45) is 1.83. The van der Waals surface area contributed by atoms with Gasteiger partial charge in [-0.2, -0.15) is 0 Å². The zero-order valence-corrected chi connectivity index (χ0v) is 11.2. The number of benzene rings is 1. The van der Waals surface area contributed by atoms with Gasteiger partial charge in [0.15, 0.2) is 0 Å². The average molecular weight is 216 g/mol. The van der Waals surface area contributed by atoms with Crippen LogP contribution in [0.3, 0.4) is 0 Å². The Labute approximate surface area is 112 Å². The maximum Gasteiger partial charge on any atom is 1.00 e. The molecule has 0 amide bonds. The van der Waals surface area contributed by atoms with Crippen LogP contribution in [-0.4, -0.2) is 12.6 Å². The van der Waals surface area contributed by atoms with Gasteiger partial charge in [-0.15, -0.1) is 5.75 Å². The van der Waals surface area contributed by atoms with E-state index in [1.807, 2.05) is 6.92 Å². The molecule has 0 spiro atoms. The van der Waals surface area contributed by atoms with Crippen LogP contribution in [0.1, 0.15) is 30.1 Å². The number of esters is 1. The minimum absolute atomic E-state index is 0. The summed E-state index contributed by atoms with van der Waals surface area (Å²) in [5.41, 5.74) is 0.327. The molecular weight excluding hydrogens is 203 g/mol. The van der Waals surface area contributed by atoms with Crippen molar-refractivity contribution in [2.45, 2.75) is 19.8 Å². The fourth-order valence-electron chi connectivity index (χ4n) is 1.02. The van der Waals surface area contributed by atoms with Gasteiger partial charge in [0.1, 0.15) is 0 Å². The average Bonchev–Trinajstić information content (AvgIpc) is 2.18. The van der Waals surface area contributed by atoms with Gasteiger partial charge in [0, 0.05) is 0 Å². The first-order chi connectivity index (χ1) is 6.74. The zero-order chi connectivity index (χ0) is 10.4. The van der Waals surface area contributed by atoms with E-state index in [1.165, 1.54) is 12.1 Å². The summed E-state index contributed by atoms with van der Waals surface area (Å²) >= 11 is 0. The molecule has 0 bridgehead atoms. The summed E-state index contributed by atoms with van der Waals surface area (Å²) < 4.78 is 4.95. The number of carbonyl (C=O) groups is 1. The van der Waals surface area contributed by atoms with Gasteiger partial charge in [0.25, 0.3) is 0 Å². The van der Waals surface area contributed by atoms with Crippen LogP contribution in [0.25, 0.3) is 0 Å².